The van der Waals surface area contributed by atoms with Crippen molar-refractivity contribution in [2.24, 2.45) is 0 Å². The first-order valence-electron chi connectivity index (χ1n) is 8.78. The highest BCUT2D eigenvalue weighted by Crippen LogP contribution is 2.22. The molecule has 9 heteroatoms. The molecule has 9 nitrogen and oxygen atoms in total. The molecule has 2 aromatic rings. The van der Waals surface area contributed by atoms with Crippen molar-refractivity contribution in [1.29, 1.82) is 0 Å². The van der Waals surface area contributed by atoms with Crippen molar-refractivity contribution in [2.45, 2.75) is 6.54 Å². The molecule has 3 rings (SSSR count). The summed E-state index contributed by atoms with van der Waals surface area (Å²) in [5, 5.41) is 22.6. The van der Waals surface area contributed by atoms with Crippen LogP contribution in [0.15, 0.2) is 48.5 Å². The summed E-state index contributed by atoms with van der Waals surface area (Å²) in [4.78, 5) is 37.4. The fourth-order valence-corrected chi connectivity index (χ4v) is 3.03. The van der Waals surface area contributed by atoms with Gasteiger partial charge in [0.05, 0.1) is 10.5 Å². The number of aromatic carboxylic acids is 1. The molecular formula is C19H20N4O5. The van der Waals surface area contributed by atoms with Crippen LogP contribution < -0.4 is 10.2 Å². The highest BCUT2D eigenvalue weighted by atomic mass is 16.6. The van der Waals surface area contributed by atoms with Crippen molar-refractivity contribution in [2.75, 3.05) is 31.1 Å². The number of nitrogens with zero attached hydrogens (tertiary/aromatic N) is 3. The van der Waals surface area contributed by atoms with Gasteiger partial charge in [-0.05, 0) is 23.8 Å². The molecule has 0 saturated carbocycles. The molecule has 0 atom stereocenters. The molecule has 0 aliphatic carbocycles. The number of piperazine rings is 1. The molecule has 1 aliphatic rings. The van der Waals surface area contributed by atoms with E-state index < -0.39 is 10.9 Å². The lowest BCUT2D eigenvalue weighted by atomic mass is 10.1. The van der Waals surface area contributed by atoms with Crippen molar-refractivity contribution >= 4 is 23.4 Å². The van der Waals surface area contributed by atoms with E-state index in [1.54, 1.807) is 23.1 Å². The van der Waals surface area contributed by atoms with Crippen molar-refractivity contribution in [3.05, 3.63) is 69.8 Å². The first-order chi connectivity index (χ1) is 13.4. The summed E-state index contributed by atoms with van der Waals surface area (Å²) in [5.74, 6) is -0.989. The minimum absolute atomic E-state index is 0.0478. The van der Waals surface area contributed by atoms with Gasteiger partial charge < -0.3 is 20.2 Å². The van der Waals surface area contributed by atoms with Gasteiger partial charge in [0, 0.05) is 50.5 Å². The van der Waals surface area contributed by atoms with Crippen LogP contribution in [0.2, 0.25) is 0 Å². The zero-order valence-corrected chi connectivity index (χ0v) is 15.1. The average molecular weight is 384 g/mol. The number of nitro groups is 1. The summed E-state index contributed by atoms with van der Waals surface area (Å²) in [6.45, 7) is 2.49. The Hall–Kier alpha value is -3.62. The molecular weight excluding hydrogens is 364 g/mol. The summed E-state index contributed by atoms with van der Waals surface area (Å²) in [6, 6.07) is 12.6. The Labute approximate surface area is 161 Å². The maximum atomic E-state index is 12.3. The maximum Gasteiger partial charge on any atom is 0.335 e. The third-order valence-corrected chi connectivity index (χ3v) is 4.62. The Kier molecular flexibility index (Phi) is 5.73. The van der Waals surface area contributed by atoms with Crippen LogP contribution in [0.4, 0.5) is 16.2 Å². The largest absolute Gasteiger partial charge is 0.478 e. The lowest BCUT2D eigenvalue weighted by Gasteiger charge is -2.36. The standard InChI is InChI=1S/C19H20N4O5/c24-18(25)15-6-4-14(5-7-15)13-20-19(26)22-10-8-21(9-11-22)16-2-1-3-17(12-16)23(27)28/h1-7,12H,8-11,13H2,(H,20,26)(H,24,25). The quantitative estimate of drug-likeness (QED) is 0.604. The lowest BCUT2D eigenvalue weighted by Crippen LogP contribution is -2.51. The first kappa shape index (κ1) is 19.2. The molecule has 2 amide bonds. The number of nitro benzene ring substituents is 1. The highest BCUT2D eigenvalue weighted by molar-refractivity contribution is 5.87. The van der Waals surface area contributed by atoms with E-state index in [1.807, 2.05) is 11.0 Å². The molecule has 0 radical (unpaired) electrons. The molecule has 1 fully saturated rings. The first-order valence-corrected chi connectivity index (χ1v) is 8.78. The van der Waals surface area contributed by atoms with Crippen LogP contribution >= 0.6 is 0 Å². The van der Waals surface area contributed by atoms with Gasteiger partial charge in [0.1, 0.15) is 0 Å². The fraction of sp³-hybridized carbons (Fsp3) is 0.263. The Morgan fingerprint density at radius 1 is 1.07 bits per heavy atom. The second-order valence-corrected chi connectivity index (χ2v) is 6.41. The van der Waals surface area contributed by atoms with Gasteiger partial charge in [-0.25, -0.2) is 9.59 Å². The third kappa shape index (κ3) is 4.56. The molecule has 0 unspecified atom stereocenters. The number of hydrogen-bond donors (Lipinski definition) is 2. The number of benzene rings is 2. The van der Waals surface area contributed by atoms with Crippen LogP contribution in [-0.2, 0) is 6.54 Å². The number of anilines is 1. The molecule has 2 aromatic carbocycles. The van der Waals surface area contributed by atoms with Gasteiger partial charge in [-0.2, -0.15) is 0 Å². The van der Waals surface area contributed by atoms with E-state index >= 15 is 0 Å². The van der Waals surface area contributed by atoms with Gasteiger partial charge in [-0.15, -0.1) is 0 Å². The van der Waals surface area contributed by atoms with Crippen LogP contribution in [0.1, 0.15) is 15.9 Å². The van der Waals surface area contributed by atoms with Gasteiger partial charge in [-0.3, -0.25) is 10.1 Å². The molecule has 1 saturated heterocycles. The zero-order chi connectivity index (χ0) is 20.1. The van der Waals surface area contributed by atoms with Crippen LogP contribution in [0.3, 0.4) is 0 Å². The Morgan fingerprint density at radius 2 is 1.75 bits per heavy atom. The number of carbonyl (C=O) groups excluding carboxylic acids is 1. The van der Waals surface area contributed by atoms with Crippen molar-refractivity contribution in [3.63, 3.8) is 0 Å². The Balaban J connectivity index is 1.50. The SMILES string of the molecule is O=C(O)c1ccc(CNC(=O)N2CCN(c3cccc([N+](=O)[O-])c3)CC2)cc1. The van der Waals surface area contributed by atoms with Gasteiger partial charge in [0.25, 0.3) is 5.69 Å². The van der Waals surface area contributed by atoms with Crippen molar-refractivity contribution < 1.29 is 19.6 Å². The van der Waals surface area contributed by atoms with E-state index in [0.717, 1.165) is 11.3 Å². The predicted octanol–water partition coefficient (Wildman–Crippen LogP) is 2.32. The summed E-state index contributed by atoms with van der Waals surface area (Å²) < 4.78 is 0. The number of hydrogen-bond acceptors (Lipinski definition) is 5. The molecule has 0 bridgehead atoms. The number of carboxylic acids is 1. The number of carboxylic acid groups (broad SMARTS) is 1. The van der Waals surface area contributed by atoms with Gasteiger partial charge in [0.15, 0.2) is 0 Å². The fourth-order valence-electron chi connectivity index (χ4n) is 3.03. The molecule has 2 N–H and O–H groups in total. The van der Waals surface area contributed by atoms with E-state index in [4.69, 9.17) is 5.11 Å². The second kappa shape index (κ2) is 8.38. The number of nitrogens with one attached hydrogen (secondary N) is 1. The van der Waals surface area contributed by atoms with E-state index in [0.29, 0.717) is 32.7 Å². The molecule has 146 valence electrons. The normalized spacial score (nSPS) is 13.9. The minimum Gasteiger partial charge on any atom is -0.478 e. The smallest absolute Gasteiger partial charge is 0.335 e. The number of urea groups is 1. The van der Waals surface area contributed by atoms with E-state index in [1.165, 1.54) is 24.3 Å². The molecule has 1 heterocycles. The Morgan fingerprint density at radius 3 is 2.36 bits per heavy atom. The van der Waals surface area contributed by atoms with Crippen molar-refractivity contribution in [3.8, 4) is 0 Å². The van der Waals surface area contributed by atoms with Crippen molar-refractivity contribution in [1.82, 2.24) is 10.2 Å². The summed E-state index contributed by atoms with van der Waals surface area (Å²) in [5.41, 5.74) is 1.83. The second-order valence-electron chi connectivity index (χ2n) is 6.41. The summed E-state index contributed by atoms with van der Waals surface area (Å²) in [6.07, 6.45) is 0. The molecule has 1 aliphatic heterocycles. The van der Waals surface area contributed by atoms with Crippen LogP contribution in [-0.4, -0.2) is 53.1 Å². The lowest BCUT2D eigenvalue weighted by molar-refractivity contribution is -0.384. The third-order valence-electron chi connectivity index (χ3n) is 4.62. The monoisotopic (exact) mass is 384 g/mol. The highest BCUT2D eigenvalue weighted by Gasteiger charge is 2.22. The van der Waals surface area contributed by atoms with Gasteiger partial charge in [-0.1, -0.05) is 18.2 Å². The summed E-state index contributed by atoms with van der Waals surface area (Å²) in [7, 11) is 0. The zero-order valence-electron chi connectivity index (χ0n) is 15.1. The van der Waals surface area contributed by atoms with E-state index in [-0.39, 0.29) is 17.3 Å². The van der Waals surface area contributed by atoms with E-state index in [2.05, 4.69) is 5.32 Å². The molecule has 28 heavy (non-hydrogen) atoms. The van der Waals surface area contributed by atoms with Crippen LogP contribution in [0, 0.1) is 10.1 Å². The predicted molar refractivity (Wildman–Crippen MR) is 103 cm³/mol. The number of rotatable bonds is 5. The van der Waals surface area contributed by atoms with Gasteiger partial charge >= 0.3 is 12.0 Å². The van der Waals surface area contributed by atoms with Crippen LogP contribution in [0.25, 0.3) is 0 Å². The van der Waals surface area contributed by atoms with Crippen LogP contribution in [0.5, 0.6) is 0 Å². The van der Waals surface area contributed by atoms with Gasteiger partial charge in [0.2, 0.25) is 0 Å². The number of non-ortho nitro benzene ring substituents is 1. The summed E-state index contributed by atoms with van der Waals surface area (Å²) >= 11 is 0. The minimum atomic E-state index is -0.989. The average Bonchev–Trinajstić information content (AvgIpc) is 2.72. The van der Waals surface area contributed by atoms with E-state index in [9.17, 15) is 19.7 Å². The molecule has 0 spiro atoms. The number of amides is 2. The maximum absolute atomic E-state index is 12.3. The Bertz CT molecular complexity index is 876. The topological polar surface area (TPSA) is 116 Å². The molecule has 0 aromatic heterocycles. The number of carbonyl (C=O) groups is 2.